The van der Waals surface area contributed by atoms with Crippen molar-refractivity contribution in [2.75, 3.05) is 6.54 Å². The van der Waals surface area contributed by atoms with Crippen molar-refractivity contribution in [2.45, 2.75) is 0 Å². The third kappa shape index (κ3) is 6.88. The van der Waals surface area contributed by atoms with Crippen LogP contribution in [-0.4, -0.2) is 11.4 Å². The quantitative estimate of drug-likeness (QED) is 0.453. The number of nitriles is 1. The molecule has 0 bridgehead atoms. The van der Waals surface area contributed by atoms with Crippen LogP contribution in [0.5, 0.6) is 0 Å². The van der Waals surface area contributed by atoms with Gasteiger partial charge in [0.15, 0.2) is 0 Å². The molecule has 122 valence electrons. The van der Waals surface area contributed by atoms with Crippen molar-refractivity contribution in [1.29, 1.82) is 5.26 Å². The summed E-state index contributed by atoms with van der Waals surface area (Å²) in [7, 11) is 0. The second-order valence-corrected chi connectivity index (χ2v) is 5.26. The van der Waals surface area contributed by atoms with Gasteiger partial charge in [0.25, 0.3) is 0 Å². The van der Waals surface area contributed by atoms with E-state index in [1.54, 1.807) is 6.08 Å². The molecule has 0 radical (unpaired) electrons. The third-order valence-corrected chi connectivity index (χ3v) is 3.24. The number of benzene rings is 2. The van der Waals surface area contributed by atoms with E-state index >= 15 is 0 Å². The van der Waals surface area contributed by atoms with E-state index in [0.29, 0.717) is 22.8 Å². The fourth-order valence-corrected chi connectivity index (χ4v) is 1.86. The first kappa shape index (κ1) is 19.1. The van der Waals surface area contributed by atoms with E-state index in [4.69, 9.17) is 34.7 Å². The minimum absolute atomic E-state index is 0.364. The molecule has 0 aliphatic carbocycles. The molecule has 0 aliphatic rings. The van der Waals surface area contributed by atoms with Crippen molar-refractivity contribution < 1.29 is 0 Å². The monoisotopic (exact) mass is 336 g/mol. The SMILES string of the molecule is N#C/C=C(/N)c1ccccc1.NCC(=S)/C=C(/N)c1ccccc1. The summed E-state index contributed by atoms with van der Waals surface area (Å²) in [6.07, 6.45) is 3.06. The molecule has 4 nitrogen and oxygen atoms in total. The van der Waals surface area contributed by atoms with E-state index in [0.717, 1.165) is 11.1 Å². The van der Waals surface area contributed by atoms with Gasteiger partial charge < -0.3 is 17.2 Å². The summed E-state index contributed by atoms with van der Waals surface area (Å²) in [5.41, 5.74) is 19.7. The molecule has 0 aromatic heterocycles. The molecule has 0 heterocycles. The van der Waals surface area contributed by atoms with E-state index in [1.165, 1.54) is 6.08 Å². The van der Waals surface area contributed by atoms with Crippen LogP contribution in [0.25, 0.3) is 11.4 Å². The molecule has 5 heteroatoms. The number of hydrogen-bond acceptors (Lipinski definition) is 5. The maximum Gasteiger partial charge on any atom is 0.0933 e. The van der Waals surface area contributed by atoms with E-state index < -0.39 is 0 Å². The average Bonchev–Trinajstić information content (AvgIpc) is 2.63. The number of thiocarbonyl (C=S) groups is 1. The molecule has 0 aliphatic heterocycles. The van der Waals surface area contributed by atoms with Crippen LogP contribution in [0.15, 0.2) is 72.8 Å². The molecular weight excluding hydrogens is 316 g/mol. The molecule has 0 amide bonds. The van der Waals surface area contributed by atoms with Crippen LogP contribution in [0.4, 0.5) is 0 Å². The van der Waals surface area contributed by atoms with Crippen LogP contribution in [0.3, 0.4) is 0 Å². The lowest BCUT2D eigenvalue weighted by molar-refractivity contribution is 1.34. The second kappa shape index (κ2) is 10.7. The van der Waals surface area contributed by atoms with Crippen LogP contribution in [-0.2, 0) is 0 Å². The standard InChI is InChI=1S/C10H12N2S.C9H8N2/c11-7-9(13)6-10(12)8-4-2-1-3-5-8;10-7-6-9(11)8-4-2-1-3-5-8/h1-6H,7,11-12H2;1-6H,11H2/b10-6+;9-6+. The van der Waals surface area contributed by atoms with Gasteiger partial charge in [0.1, 0.15) is 0 Å². The topological polar surface area (TPSA) is 102 Å². The smallest absolute Gasteiger partial charge is 0.0933 e. The van der Waals surface area contributed by atoms with Gasteiger partial charge in [-0.2, -0.15) is 5.26 Å². The minimum Gasteiger partial charge on any atom is -0.398 e. The largest absolute Gasteiger partial charge is 0.398 e. The summed E-state index contributed by atoms with van der Waals surface area (Å²) in [6, 6.07) is 21.0. The summed E-state index contributed by atoms with van der Waals surface area (Å²) in [4.78, 5) is 0.668. The molecule has 2 aromatic carbocycles. The van der Waals surface area contributed by atoms with Gasteiger partial charge in [-0.1, -0.05) is 72.9 Å². The van der Waals surface area contributed by atoms with E-state index in [9.17, 15) is 0 Å². The molecule has 0 saturated heterocycles. The molecular formula is C19H20N4S. The summed E-state index contributed by atoms with van der Waals surface area (Å²) >= 11 is 4.95. The Morgan fingerprint density at radius 2 is 1.38 bits per heavy atom. The molecule has 0 fully saturated rings. The Labute approximate surface area is 147 Å². The molecule has 0 unspecified atom stereocenters. The molecule has 0 saturated carbocycles. The lowest BCUT2D eigenvalue weighted by atomic mass is 10.1. The van der Waals surface area contributed by atoms with Crippen LogP contribution in [0, 0.1) is 11.3 Å². The number of nitrogens with two attached hydrogens (primary N) is 3. The van der Waals surface area contributed by atoms with Gasteiger partial charge in [-0.15, -0.1) is 0 Å². The molecule has 0 atom stereocenters. The lowest BCUT2D eigenvalue weighted by Gasteiger charge is -2.00. The van der Waals surface area contributed by atoms with Crippen molar-refractivity contribution in [3.63, 3.8) is 0 Å². The van der Waals surface area contributed by atoms with Gasteiger partial charge in [0.2, 0.25) is 0 Å². The highest BCUT2D eigenvalue weighted by Gasteiger charge is 1.95. The Morgan fingerprint density at radius 3 is 1.79 bits per heavy atom. The van der Waals surface area contributed by atoms with Gasteiger partial charge in [0, 0.05) is 28.9 Å². The highest BCUT2D eigenvalue weighted by atomic mass is 32.1. The Bertz CT molecular complexity index is 744. The normalized spacial score (nSPS) is 11.0. The number of hydrogen-bond donors (Lipinski definition) is 3. The van der Waals surface area contributed by atoms with E-state index in [-0.39, 0.29) is 0 Å². The molecule has 6 N–H and O–H groups in total. The zero-order valence-electron chi connectivity index (χ0n) is 13.2. The summed E-state index contributed by atoms with van der Waals surface area (Å²) in [5.74, 6) is 0. The highest BCUT2D eigenvalue weighted by Crippen LogP contribution is 2.07. The Hall–Kier alpha value is -2.94. The molecule has 0 spiro atoms. The van der Waals surface area contributed by atoms with Crippen LogP contribution in [0.2, 0.25) is 0 Å². The van der Waals surface area contributed by atoms with Crippen molar-refractivity contribution >= 4 is 28.5 Å². The van der Waals surface area contributed by atoms with Crippen molar-refractivity contribution in [3.05, 3.63) is 83.9 Å². The van der Waals surface area contributed by atoms with Gasteiger partial charge in [-0.3, -0.25) is 0 Å². The van der Waals surface area contributed by atoms with Gasteiger partial charge in [0.05, 0.1) is 6.07 Å². The van der Waals surface area contributed by atoms with E-state index in [1.807, 2.05) is 66.7 Å². The maximum absolute atomic E-state index is 8.29. The predicted molar refractivity (Wildman–Crippen MR) is 104 cm³/mol. The first-order valence-electron chi connectivity index (χ1n) is 7.24. The Balaban J connectivity index is 0.000000243. The first-order valence-corrected chi connectivity index (χ1v) is 7.65. The number of rotatable bonds is 4. The average molecular weight is 336 g/mol. The van der Waals surface area contributed by atoms with Gasteiger partial charge >= 0.3 is 0 Å². The van der Waals surface area contributed by atoms with Crippen molar-refractivity contribution in [3.8, 4) is 6.07 Å². The van der Waals surface area contributed by atoms with Gasteiger partial charge in [-0.05, 0) is 17.2 Å². The van der Waals surface area contributed by atoms with E-state index in [2.05, 4.69) is 0 Å². The minimum atomic E-state index is 0.364. The molecule has 2 rings (SSSR count). The van der Waals surface area contributed by atoms with Crippen LogP contribution >= 0.6 is 12.2 Å². The fourth-order valence-electron chi connectivity index (χ4n) is 1.73. The second-order valence-electron chi connectivity index (χ2n) is 4.73. The molecule has 2 aromatic rings. The van der Waals surface area contributed by atoms with Crippen molar-refractivity contribution in [1.82, 2.24) is 0 Å². The van der Waals surface area contributed by atoms with Crippen LogP contribution in [0.1, 0.15) is 11.1 Å². The predicted octanol–water partition coefficient (Wildman–Crippen LogP) is 2.82. The first-order chi connectivity index (χ1) is 11.6. The third-order valence-electron chi connectivity index (χ3n) is 2.95. The summed E-state index contributed by atoms with van der Waals surface area (Å²) < 4.78 is 0. The zero-order valence-corrected chi connectivity index (χ0v) is 14.0. The maximum atomic E-state index is 8.29. The fraction of sp³-hybridized carbons (Fsp3) is 0.0526. The highest BCUT2D eigenvalue weighted by molar-refractivity contribution is 7.80. The number of allylic oxidation sites excluding steroid dienone is 1. The zero-order chi connectivity index (χ0) is 17.8. The number of nitrogens with zero attached hydrogens (tertiary/aromatic N) is 1. The van der Waals surface area contributed by atoms with Gasteiger partial charge in [-0.25, -0.2) is 0 Å². The Kier molecular flexibility index (Phi) is 8.54. The lowest BCUT2D eigenvalue weighted by Crippen LogP contribution is -2.10. The van der Waals surface area contributed by atoms with Crippen LogP contribution < -0.4 is 17.2 Å². The summed E-state index contributed by atoms with van der Waals surface area (Å²) in [5, 5.41) is 8.29. The molecule has 24 heavy (non-hydrogen) atoms. The van der Waals surface area contributed by atoms with Crippen molar-refractivity contribution in [2.24, 2.45) is 17.2 Å². The summed E-state index contributed by atoms with van der Waals surface area (Å²) in [6.45, 7) is 0.364. The Morgan fingerprint density at radius 1 is 0.917 bits per heavy atom.